The first kappa shape index (κ1) is 14.6. The maximum Gasteiger partial charge on any atom is 0.133 e. The summed E-state index contributed by atoms with van der Waals surface area (Å²) < 4.78 is 0. The van der Waals surface area contributed by atoms with Crippen molar-refractivity contribution in [2.75, 3.05) is 11.5 Å². The van der Waals surface area contributed by atoms with E-state index in [0.717, 1.165) is 6.42 Å². The van der Waals surface area contributed by atoms with Crippen molar-refractivity contribution in [2.24, 2.45) is 0 Å². The third kappa shape index (κ3) is 5.91. The highest BCUT2D eigenvalue weighted by Crippen LogP contribution is 2.10. The number of halogens is 1. The van der Waals surface area contributed by atoms with E-state index in [-0.39, 0.29) is 12.4 Å². The van der Waals surface area contributed by atoms with E-state index in [1.165, 1.54) is 22.8 Å². The molecule has 1 aromatic carbocycles. The predicted molar refractivity (Wildman–Crippen MR) is 67.7 cm³/mol. The van der Waals surface area contributed by atoms with E-state index in [1.807, 2.05) is 6.08 Å². The molecule has 0 fully saturated rings. The second-order valence-corrected chi connectivity index (χ2v) is 5.81. The van der Waals surface area contributed by atoms with E-state index in [4.69, 9.17) is 0 Å². The van der Waals surface area contributed by atoms with Gasteiger partial charge in [-0.15, -0.1) is 6.58 Å². The van der Waals surface area contributed by atoms with E-state index in [1.54, 1.807) is 0 Å². The summed E-state index contributed by atoms with van der Waals surface area (Å²) in [5.41, 5.74) is 1.47. The van der Waals surface area contributed by atoms with E-state index in [0.29, 0.717) is 10.9 Å². The Morgan fingerprint density at radius 3 is 2.47 bits per heavy atom. The van der Waals surface area contributed by atoms with Crippen molar-refractivity contribution in [3.63, 3.8) is 0 Å². The minimum Gasteiger partial charge on any atom is -1.00 e. The molecule has 0 aromatic heterocycles. The molecule has 1 aromatic rings. The first-order valence-electron chi connectivity index (χ1n) is 5.15. The highest BCUT2D eigenvalue weighted by Gasteiger charge is 2.14. The van der Waals surface area contributed by atoms with Gasteiger partial charge in [0.05, 0.1) is 0 Å². The Bertz CT molecular complexity index is 258. The zero-order chi connectivity index (χ0) is 10.2. The van der Waals surface area contributed by atoms with Crippen LogP contribution in [0.4, 0.5) is 0 Å². The van der Waals surface area contributed by atoms with Gasteiger partial charge in [0, 0.05) is 12.0 Å². The third-order valence-electron chi connectivity index (χ3n) is 2.23. The lowest BCUT2D eigenvalue weighted by Crippen LogP contribution is -3.00. The van der Waals surface area contributed by atoms with Crippen LogP contribution in [0.25, 0.3) is 0 Å². The molecule has 1 atom stereocenters. The van der Waals surface area contributed by atoms with Crippen molar-refractivity contribution in [1.82, 2.24) is 0 Å². The van der Waals surface area contributed by atoms with Crippen molar-refractivity contribution < 1.29 is 12.4 Å². The number of benzene rings is 1. The topological polar surface area (TPSA) is 0 Å². The number of allylic oxidation sites excluding steroid dienone is 1. The quantitative estimate of drug-likeness (QED) is 0.501. The van der Waals surface area contributed by atoms with Gasteiger partial charge >= 0.3 is 0 Å². The van der Waals surface area contributed by atoms with Crippen LogP contribution in [0.3, 0.4) is 0 Å². The van der Waals surface area contributed by atoms with Crippen molar-refractivity contribution in [2.45, 2.75) is 19.1 Å². The molecule has 0 saturated heterocycles. The molecule has 0 aliphatic carbocycles. The summed E-state index contributed by atoms with van der Waals surface area (Å²) in [5, 5.41) is 0. The minimum absolute atomic E-state index is 0. The molecule has 0 bridgehead atoms. The molecule has 0 N–H and O–H groups in total. The summed E-state index contributed by atoms with van der Waals surface area (Å²) in [6, 6.07) is 10.8. The van der Waals surface area contributed by atoms with E-state index >= 15 is 0 Å². The van der Waals surface area contributed by atoms with Gasteiger partial charge in [-0.25, -0.2) is 0 Å². The van der Waals surface area contributed by atoms with Gasteiger partial charge < -0.3 is 12.4 Å². The van der Waals surface area contributed by atoms with Crippen molar-refractivity contribution in [3.8, 4) is 0 Å². The molecular weight excluding hydrogens is 224 g/mol. The summed E-state index contributed by atoms with van der Waals surface area (Å²) in [5.74, 6) is 3.84. The summed E-state index contributed by atoms with van der Waals surface area (Å²) in [7, 11) is 0.546. The van der Waals surface area contributed by atoms with Crippen LogP contribution >= 0.6 is 0 Å². The number of rotatable bonds is 6. The SMILES string of the molecule is C=CCC[S+](CC)Cc1ccccc1.[Cl-]. The molecule has 0 amide bonds. The minimum atomic E-state index is 0. The lowest BCUT2D eigenvalue weighted by molar-refractivity contribution is -0.00000297. The zero-order valence-corrected chi connectivity index (χ0v) is 10.9. The Hall–Kier alpha value is -0.400. The van der Waals surface area contributed by atoms with Crippen LogP contribution < -0.4 is 12.4 Å². The first-order chi connectivity index (χ1) is 6.86. The fourth-order valence-electron chi connectivity index (χ4n) is 1.38. The molecule has 1 rings (SSSR count). The summed E-state index contributed by atoms with van der Waals surface area (Å²) in [4.78, 5) is 0. The third-order valence-corrected chi connectivity index (χ3v) is 4.60. The maximum absolute atomic E-state index is 3.78. The average Bonchev–Trinajstić information content (AvgIpc) is 2.25. The Kier molecular flexibility index (Phi) is 8.64. The maximum atomic E-state index is 3.78. The second-order valence-electron chi connectivity index (χ2n) is 3.31. The zero-order valence-electron chi connectivity index (χ0n) is 9.29. The van der Waals surface area contributed by atoms with Crippen LogP contribution in [0.1, 0.15) is 18.9 Å². The fraction of sp³-hybridized carbons (Fsp3) is 0.385. The van der Waals surface area contributed by atoms with Crippen LogP contribution in [-0.4, -0.2) is 11.5 Å². The molecule has 0 aliphatic rings. The van der Waals surface area contributed by atoms with E-state index < -0.39 is 0 Å². The molecule has 1 unspecified atom stereocenters. The molecular formula is C13H19ClS. The largest absolute Gasteiger partial charge is 1.00 e. The van der Waals surface area contributed by atoms with Gasteiger partial charge in [0.15, 0.2) is 0 Å². The standard InChI is InChI=1S/C13H19S.ClH/c1-3-5-11-14(4-2)12-13-9-7-6-8-10-13;/h3,6-10H,1,4-5,11-12H2,2H3;1H/q+1;/p-1. The van der Waals surface area contributed by atoms with Crippen LogP contribution in [-0.2, 0) is 16.6 Å². The molecule has 84 valence electrons. The summed E-state index contributed by atoms with van der Waals surface area (Å²) >= 11 is 0. The number of hydrogen-bond acceptors (Lipinski definition) is 0. The molecule has 0 radical (unpaired) electrons. The molecule has 15 heavy (non-hydrogen) atoms. The Morgan fingerprint density at radius 1 is 1.27 bits per heavy atom. The normalized spacial score (nSPS) is 11.5. The van der Waals surface area contributed by atoms with Crippen LogP contribution in [0, 0.1) is 0 Å². The van der Waals surface area contributed by atoms with Crippen LogP contribution in [0.15, 0.2) is 43.0 Å². The van der Waals surface area contributed by atoms with E-state index in [2.05, 4.69) is 43.8 Å². The van der Waals surface area contributed by atoms with E-state index in [9.17, 15) is 0 Å². The van der Waals surface area contributed by atoms with Gasteiger partial charge in [0.2, 0.25) is 0 Å². The van der Waals surface area contributed by atoms with Gasteiger partial charge in [-0.3, -0.25) is 0 Å². The van der Waals surface area contributed by atoms with Gasteiger partial charge in [0.1, 0.15) is 17.3 Å². The molecule has 0 spiro atoms. The Labute approximate surface area is 103 Å². The van der Waals surface area contributed by atoms with Crippen molar-refractivity contribution in [1.29, 1.82) is 0 Å². The van der Waals surface area contributed by atoms with Gasteiger partial charge in [-0.05, 0) is 17.8 Å². The van der Waals surface area contributed by atoms with Crippen LogP contribution in [0.5, 0.6) is 0 Å². The molecule has 0 nitrogen and oxygen atoms in total. The summed E-state index contributed by atoms with van der Waals surface area (Å²) in [6.45, 7) is 6.07. The molecule has 2 heteroatoms. The predicted octanol–water partition coefficient (Wildman–Crippen LogP) is 0.405. The lowest BCUT2D eigenvalue weighted by atomic mass is 10.2. The van der Waals surface area contributed by atoms with Crippen molar-refractivity contribution >= 4 is 10.9 Å². The fourth-order valence-corrected chi connectivity index (χ4v) is 3.18. The average molecular weight is 243 g/mol. The molecule has 0 aliphatic heterocycles. The van der Waals surface area contributed by atoms with Gasteiger partial charge in [-0.2, -0.15) is 0 Å². The van der Waals surface area contributed by atoms with Gasteiger partial charge in [-0.1, -0.05) is 36.4 Å². The second kappa shape index (κ2) is 8.87. The highest BCUT2D eigenvalue weighted by atomic mass is 35.5. The summed E-state index contributed by atoms with van der Waals surface area (Å²) in [6.07, 6.45) is 3.18. The smallest absolute Gasteiger partial charge is 0.133 e. The van der Waals surface area contributed by atoms with Crippen molar-refractivity contribution in [3.05, 3.63) is 48.6 Å². The van der Waals surface area contributed by atoms with Crippen LogP contribution in [0.2, 0.25) is 0 Å². The lowest BCUT2D eigenvalue weighted by Gasteiger charge is -2.05. The number of hydrogen-bond donors (Lipinski definition) is 0. The van der Waals surface area contributed by atoms with Gasteiger partial charge in [0.25, 0.3) is 0 Å². The Balaban J connectivity index is 0.00000196. The first-order valence-corrected chi connectivity index (χ1v) is 6.89. The molecule has 0 saturated carbocycles. The monoisotopic (exact) mass is 242 g/mol. The Morgan fingerprint density at radius 2 is 1.93 bits per heavy atom. The molecule has 0 heterocycles. The highest BCUT2D eigenvalue weighted by molar-refractivity contribution is 7.96.